The molecule has 0 fully saturated rings. The van der Waals surface area contributed by atoms with E-state index in [1.165, 1.54) is 0 Å². The molecule has 0 amide bonds. The molecular weight excluding hydrogens is 238 g/mol. The molecule has 2 N–H and O–H groups in total. The van der Waals surface area contributed by atoms with Gasteiger partial charge in [-0.2, -0.15) is 0 Å². The van der Waals surface area contributed by atoms with Gasteiger partial charge in [-0.1, -0.05) is 25.4 Å². The quantitative estimate of drug-likeness (QED) is 0.770. The van der Waals surface area contributed by atoms with Crippen LogP contribution >= 0.6 is 11.6 Å². The zero-order valence-electron chi connectivity index (χ0n) is 10.6. The SMILES string of the molecule is CCC(CC)(CO)CNc1cc(Cl)nc(C)n1. The van der Waals surface area contributed by atoms with Gasteiger partial charge in [-0.15, -0.1) is 0 Å². The summed E-state index contributed by atoms with van der Waals surface area (Å²) in [6.45, 7) is 6.82. The third kappa shape index (κ3) is 3.82. The fourth-order valence-corrected chi connectivity index (χ4v) is 1.91. The number of anilines is 1. The fourth-order valence-electron chi connectivity index (χ4n) is 1.68. The zero-order valence-corrected chi connectivity index (χ0v) is 11.4. The molecule has 0 saturated carbocycles. The maximum Gasteiger partial charge on any atom is 0.134 e. The molecule has 0 saturated heterocycles. The minimum absolute atomic E-state index is 0.0919. The van der Waals surface area contributed by atoms with Crippen LogP contribution in [0.2, 0.25) is 5.15 Å². The number of aliphatic hydroxyl groups excluding tert-OH is 1. The first-order valence-electron chi connectivity index (χ1n) is 5.91. The Labute approximate surface area is 107 Å². The van der Waals surface area contributed by atoms with Gasteiger partial charge in [0.1, 0.15) is 16.8 Å². The lowest BCUT2D eigenvalue weighted by Gasteiger charge is -2.29. The summed E-state index contributed by atoms with van der Waals surface area (Å²) in [6, 6.07) is 1.70. The van der Waals surface area contributed by atoms with Gasteiger partial charge in [0, 0.05) is 18.0 Å². The van der Waals surface area contributed by atoms with Crippen molar-refractivity contribution in [3.05, 3.63) is 17.0 Å². The summed E-state index contributed by atoms with van der Waals surface area (Å²) in [5.74, 6) is 1.35. The highest BCUT2D eigenvalue weighted by molar-refractivity contribution is 6.29. The van der Waals surface area contributed by atoms with Crippen LogP contribution in [0.25, 0.3) is 0 Å². The third-order valence-electron chi connectivity index (χ3n) is 3.29. The molecule has 1 aromatic heterocycles. The van der Waals surface area contributed by atoms with Crippen LogP contribution in [0.5, 0.6) is 0 Å². The molecule has 0 radical (unpaired) electrons. The molecule has 0 bridgehead atoms. The van der Waals surface area contributed by atoms with Crippen LogP contribution in [0.3, 0.4) is 0 Å². The largest absolute Gasteiger partial charge is 0.396 e. The van der Waals surface area contributed by atoms with Crippen LogP contribution < -0.4 is 5.32 Å². The molecular formula is C12H20ClN3O. The summed E-state index contributed by atoms with van der Waals surface area (Å²) in [6.07, 6.45) is 1.84. The summed E-state index contributed by atoms with van der Waals surface area (Å²) >= 11 is 5.86. The Bertz CT molecular complexity index is 338. The van der Waals surface area contributed by atoms with Crippen molar-refractivity contribution in [3.8, 4) is 0 Å². The highest BCUT2D eigenvalue weighted by Gasteiger charge is 2.25. The van der Waals surface area contributed by atoms with Crippen LogP contribution in [0.4, 0.5) is 5.82 Å². The number of aryl methyl sites for hydroxylation is 1. The first-order chi connectivity index (χ1) is 8.05. The summed E-state index contributed by atoms with van der Waals surface area (Å²) in [5.41, 5.74) is -0.0919. The molecule has 0 aromatic carbocycles. The highest BCUT2D eigenvalue weighted by atomic mass is 35.5. The second-order valence-corrected chi connectivity index (χ2v) is 4.73. The molecule has 1 rings (SSSR count). The van der Waals surface area contributed by atoms with Gasteiger partial charge < -0.3 is 10.4 Å². The van der Waals surface area contributed by atoms with Crippen molar-refractivity contribution in [2.75, 3.05) is 18.5 Å². The summed E-state index contributed by atoms with van der Waals surface area (Å²) in [7, 11) is 0. The monoisotopic (exact) mass is 257 g/mol. The number of rotatable bonds is 6. The van der Waals surface area contributed by atoms with E-state index in [1.807, 2.05) is 0 Å². The molecule has 0 spiro atoms. The van der Waals surface area contributed by atoms with E-state index in [-0.39, 0.29) is 12.0 Å². The standard InChI is InChI=1S/C12H20ClN3O/c1-4-12(5-2,8-17)7-14-11-6-10(13)15-9(3)16-11/h6,17H,4-5,7-8H2,1-3H3,(H,14,15,16). The molecule has 1 aromatic rings. The first kappa shape index (κ1) is 14.2. The summed E-state index contributed by atoms with van der Waals surface area (Å²) in [5, 5.41) is 13.1. The van der Waals surface area contributed by atoms with Crippen LogP contribution in [-0.2, 0) is 0 Å². The molecule has 0 unspecified atom stereocenters. The minimum atomic E-state index is -0.0919. The van der Waals surface area contributed by atoms with Gasteiger partial charge >= 0.3 is 0 Å². The predicted molar refractivity (Wildman–Crippen MR) is 70.4 cm³/mol. The van der Waals surface area contributed by atoms with E-state index in [4.69, 9.17) is 11.6 Å². The van der Waals surface area contributed by atoms with Crippen LogP contribution in [0, 0.1) is 12.3 Å². The van der Waals surface area contributed by atoms with Crippen molar-refractivity contribution < 1.29 is 5.11 Å². The summed E-state index contributed by atoms with van der Waals surface area (Å²) < 4.78 is 0. The van der Waals surface area contributed by atoms with Gasteiger partial charge in [-0.25, -0.2) is 9.97 Å². The third-order valence-corrected chi connectivity index (χ3v) is 3.48. The van der Waals surface area contributed by atoms with Crippen molar-refractivity contribution in [3.63, 3.8) is 0 Å². The molecule has 1 heterocycles. The highest BCUT2D eigenvalue weighted by Crippen LogP contribution is 2.26. The molecule has 5 heteroatoms. The predicted octanol–water partition coefficient (Wildman–Crippen LogP) is 2.65. The van der Waals surface area contributed by atoms with Gasteiger partial charge in [-0.05, 0) is 19.8 Å². The Morgan fingerprint density at radius 2 is 2.00 bits per heavy atom. The topological polar surface area (TPSA) is 58.0 Å². The van der Waals surface area contributed by atoms with Crippen LogP contribution in [-0.4, -0.2) is 28.2 Å². The maximum atomic E-state index is 9.46. The van der Waals surface area contributed by atoms with E-state index < -0.39 is 0 Å². The van der Waals surface area contributed by atoms with Gasteiger partial charge in [0.2, 0.25) is 0 Å². The molecule has 4 nitrogen and oxygen atoms in total. The lowest BCUT2D eigenvalue weighted by Crippen LogP contribution is -2.32. The minimum Gasteiger partial charge on any atom is -0.396 e. The van der Waals surface area contributed by atoms with Gasteiger partial charge in [0.25, 0.3) is 0 Å². The molecule has 0 atom stereocenters. The van der Waals surface area contributed by atoms with Gasteiger partial charge in [0.15, 0.2) is 0 Å². The maximum absolute atomic E-state index is 9.46. The van der Waals surface area contributed by atoms with E-state index in [2.05, 4.69) is 29.1 Å². The zero-order chi connectivity index (χ0) is 12.9. The van der Waals surface area contributed by atoms with E-state index in [0.29, 0.717) is 23.3 Å². The van der Waals surface area contributed by atoms with E-state index >= 15 is 0 Å². The molecule has 0 aliphatic carbocycles. The number of hydrogen-bond acceptors (Lipinski definition) is 4. The number of nitrogens with zero attached hydrogens (tertiary/aromatic N) is 2. The first-order valence-corrected chi connectivity index (χ1v) is 6.29. The number of halogens is 1. The van der Waals surface area contributed by atoms with Gasteiger partial charge in [0.05, 0.1) is 6.61 Å². The van der Waals surface area contributed by atoms with Crippen molar-refractivity contribution >= 4 is 17.4 Å². The second kappa shape index (κ2) is 6.17. The second-order valence-electron chi connectivity index (χ2n) is 4.34. The van der Waals surface area contributed by atoms with Crippen LogP contribution in [0.15, 0.2) is 6.07 Å². The summed E-state index contributed by atoms with van der Waals surface area (Å²) in [4.78, 5) is 8.26. The van der Waals surface area contributed by atoms with E-state index in [9.17, 15) is 5.11 Å². The normalized spacial score (nSPS) is 11.6. The van der Waals surface area contributed by atoms with Crippen molar-refractivity contribution in [1.29, 1.82) is 0 Å². The van der Waals surface area contributed by atoms with E-state index in [1.54, 1.807) is 13.0 Å². The number of nitrogens with one attached hydrogen (secondary N) is 1. The lowest BCUT2D eigenvalue weighted by molar-refractivity contribution is 0.127. The Morgan fingerprint density at radius 1 is 1.35 bits per heavy atom. The van der Waals surface area contributed by atoms with E-state index in [0.717, 1.165) is 12.8 Å². The molecule has 17 heavy (non-hydrogen) atoms. The van der Waals surface area contributed by atoms with Crippen LogP contribution in [0.1, 0.15) is 32.5 Å². The Kier molecular flexibility index (Phi) is 5.15. The average molecular weight is 258 g/mol. The molecule has 0 aliphatic heterocycles. The Morgan fingerprint density at radius 3 is 2.47 bits per heavy atom. The Hall–Kier alpha value is -0.870. The van der Waals surface area contributed by atoms with Gasteiger partial charge in [-0.3, -0.25) is 0 Å². The average Bonchev–Trinajstić information content (AvgIpc) is 2.30. The Balaban J connectivity index is 2.71. The number of aromatic nitrogens is 2. The lowest BCUT2D eigenvalue weighted by atomic mass is 9.83. The van der Waals surface area contributed by atoms with Crippen molar-refractivity contribution in [1.82, 2.24) is 9.97 Å². The van der Waals surface area contributed by atoms with Crippen molar-refractivity contribution in [2.45, 2.75) is 33.6 Å². The smallest absolute Gasteiger partial charge is 0.134 e. The number of aliphatic hydroxyl groups is 1. The number of hydrogen-bond donors (Lipinski definition) is 2. The molecule has 96 valence electrons. The van der Waals surface area contributed by atoms with Crippen molar-refractivity contribution in [2.24, 2.45) is 5.41 Å². The molecule has 0 aliphatic rings. The fraction of sp³-hybridized carbons (Fsp3) is 0.667.